The molecule has 4 heterocycles. The summed E-state index contributed by atoms with van der Waals surface area (Å²) in [5, 5.41) is 9.23. The number of fused-ring (bicyclic) bond motifs is 9. The molecule has 2 unspecified atom stereocenters. The van der Waals surface area contributed by atoms with E-state index < -0.39 is 0 Å². The van der Waals surface area contributed by atoms with Crippen LogP contribution in [0.15, 0.2) is 184 Å². The van der Waals surface area contributed by atoms with Crippen molar-refractivity contribution in [1.82, 2.24) is 9.88 Å². The number of rotatable bonds is 5. The Morgan fingerprint density at radius 2 is 1.47 bits per heavy atom. The van der Waals surface area contributed by atoms with E-state index in [-0.39, 0.29) is 6.17 Å². The molecule has 57 heavy (non-hydrogen) atoms. The number of allylic oxidation sites excluding steroid dienone is 5. The smallest absolute Gasteiger partial charge is 0.159 e. The maximum atomic E-state index is 5.20. The third-order valence-corrected chi connectivity index (χ3v) is 14.3. The lowest BCUT2D eigenvalue weighted by Crippen LogP contribution is -2.33. The van der Waals surface area contributed by atoms with Crippen LogP contribution in [0, 0.1) is 0 Å². The number of thioether (sulfide) groups is 1. The van der Waals surface area contributed by atoms with E-state index in [2.05, 4.69) is 174 Å². The van der Waals surface area contributed by atoms with E-state index in [9.17, 15) is 0 Å². The topological polar surface area (TPSA) is 41.7 Å². The highest BCUT2D eigenvalue weighted by atomic mass is 32.2. The standard InChI is InChI=1S/C51H36N4S2/c1-3-13-31(14-4-1)49-52-50(32-15-5-2-6-16-32)54-51(53-49)39-21-11-20-38-40-29-33(25-27-44(40)57-48(38)39)35-19-12-24-46-47(35)41-30-34(26-28-45(41)56-46)55-42-22-9-7-17-36(42)37-18-8-10-23-43(37)55/h1,3-5,7-23,25-30,46,49H,2,6,24H2,(H,52,53,54). The summed E-state index contributed by atoms with van der Waals surface area (Å²) >= 11 is 3.86. The van der Waals surface area contributed by atoms with E-state index in [1.165, 1.54) is 74.8 Å². The van der Waals surface area contributed by atoms with Gasteiger partial charge in [0.2, 0.25) is 0 Å². The molecule has 2 aliphatic carbocycles. The van der Waals surface area contributed by atoms with Crippen LogP contribution in [0.4, 0.5) is 0 Å². The van der Waals surface area contributed by atoms with Crippen LogP contribution < -0.4 is 5.32 Å². The van der Waals surface area contributed by atoms with Gasteiger partial charge in [0.1, 0.15) is 12.0 Å². The first-order valence-electron chi connectivity index (χ1n) is 19.8. The Bertz CT molecular complexity index is 3120. The maximum Gasteiger partial charge on any atom is 0.159 e. The monoisotopic (exact) mass is 768 g/mol. The minimum atomic E-state index is -0.219. The lowest BCUT2D eigenvalue weighted by Gasteiger charge is -2.24. The summed E-state index contributed by atoms with van der Waals surface area (Å²) in [6.07, 6.45) is 14.3. The van der Waals surface area contributed by atoms with Gasteiger partial charge in [-0.2, -0.15) is 0 Å². The average Bonchev–Trinajstić information content (AvgIpc) is 3.96. The van der Waals surface area contributed by atoms with Crippen LogP contribution in [-0.4, -0.2) is 21.5 Å². The second-order valence-electron chi connectivity index (χ2n) is 15.1. The molecule has 4 nitrogen and oxygen atoms in total. The Kier molecular flexibility index (Phi) is 7.63. The van der Waals surface area contributed by atoms with Gasteiger partial charge in [-0.3, -0.25) is 0 Å². The summed E-state index contributed by atoms with van der Waals surface area (Å²) in [4.78, 5) is 11.7. The van der Waals surface area contributed by atoms with Gasteiger partial charge in [0.15, 0.2) is 5.84 Å². The number of aliphatic imine (C=N–C) groups is 2. The first-order valence-corrected chi connectivity index (χ1v) is 21.5. The lowest BCUT2D eigenvalue weighted by atomic mass is 9.87. The van der Waals surface area contributed by atoms with Gasteiger partial charge in [-0.05, 0) is 95.6 Å². The molecule has 0 saturated heterocycles. The maximum absolute atomic E-state index is 5.20. The molecule has 2 atom stereocenters. The second kappa shape index (κ2) is 13.2. The lowest BCUT2D eigenvalue weighted by molar-refractivity contribution is 0.674. The van der Waals surface area contributed by atoms with Crippen molar-refractivity contribution in [3.05, 3.63) is 192 Å². The van der Waals surface area contributed by atoms with E-state index >= 15 is 0 Å². The van der Waals surface area contributed by atoms with Gasteiger partial charge in [0.25, 0.3) is 0 Å². The average molecular weight is 769 g/mol. The molecule has 0 amide bonds. The number of benzene rings is 6. The molecule has 2 aromatic heterocycles. The van der Waals surface area contributed by atoms with E-state index in [0.29, 0.717) is 5.25 Å². The first-order chi connectivity index (χ1) is 28.2. The predicted octanol–water partition coefficient (Wildman–Crippen LogP) is 13.2. The summed E-state index contributed by atoms with van der Waals surface area (Å²) < 4.78 is 4.96. The number of hydrogen-bond donors (Lipinski definition) is 1. The molecule has 2 aliphatic heterocycles. The molecule has 8 aromatic rings. The van der Waals surface area contributed by atoms with Gasteiger partial charge in [0.05, 0.1) is 11.0 Å². The summed E-state index contributed by atoms with van der Waals surface area (Å²) in [6, 6.07) is 48.9. The van der Waals surface area contributed by atoms with Crippen LogP contribution in [0.5, 0.6) is 0 Å². The number of amidine groups is 2. The summed E-state index contributed by atoms with van der Waals surface area (Å²) in [5.74, 6) is 1.66. The number of aromatic nitrogens is 1. The predicted molar refractivity (Wildman–Crippen MR) is 243 cm³/mol. The van der Waals surface area contributed by atoms with Gasteiger partial charge in [-0.15, -0.1) is 23.1 Å². The van der Waals surface area contributed by atoms with Gasteiger partial charge in [0, 0.05) is 57.9 Å². The normalized spacial score (nSPS) is 18.8. The molecule has 272 valence electrons. The molecule has 0 bridgehead atoms. The SMILES string of the molecule is C1=CC(C2=NC(c3ccccc3)NC(c3cccc4c3sc3ccc(C5=C6c7cc(-n8c9ccccc9c9ccccc98)ccc7SC6CC=C5)cc34)=N2)=CCC1. The molecule has 6 aromatic carbocycles. The fraction of sp³-hybridized carbons (Fsp3) is 0.0980. The molecule has 0 fully saturated rings. The molecule has 6 heteroatoms. The third kappa shape index (κ3) is 5.35. The number of para-hydroxylation sites is 2. The molecule has 0 saturated carbocycles. The van der Waals surface area contributed by atoms with Crippen molar-refractivity contribution in [1.29, 1.82) is 0 Å². The highest BCUT2D eigenvalue weighted by Gasteiger charge is 2.32. The quantitative estimate of drug-likeness (QED) is 0.189. The summed E-state index contributed by atoms with van der Waals surface area (Å²) in [5.41, 5.74) is 12.4. The highest BCUT2D eigenvalue weighted by molar-refractivity contribution is 8.01. The first kappa shape index (κ1) is 33.0. The number of hydrogen-bond acceptors (Lipinski definition) is 5. The van der Waals surface area contributed by atoms with Crippen molar-refractivity contribution in [2.45, 2.75) is 35.6 Å². The zero-order valence-electron chi connectivity index (χ0n) is 31.0. The Labute approximate surface area is 339 Å². The van der Waals surface area contributed by atoms with Crippen molar-refractivity contribution < 1.29 is 0 Å². The second-order valence-corrected chi connectivity index (χ2v) is 17.4. The largest absolute Gasteiger partial charge is 0.344 e. The van der Waals surface area contributed by atoms with Gasteiger partial charge in [-0.25, -0.2) is 9.98 Å². The zero-order valence-corrected chi connectivity index (χ0v) is 32.7. The van der Waals surface area contributed by atoms with Gasteiger partial charge in [-0.1, -0.05) is 115 Å². The third-order valence-electron chi connectivity index (χ3n) is 11.8. The minimum Gasteiger partial charge on any atom is -0.344 e. The molecule has 0 radical (unpaired) electrons. The molecular weight excluding hydrogens is 733 g/mol. The van der Waals surface area contributed by atoms with E-state index in [1.54, 1.807) is 0 Å². The number of nitrogens with zero attached hydrogens (tertiary/aromatic N) is 3. The Morgan fingerprint density at radius 3 is 2.30 bits per heavy atom. The van der Waals surface area contributed by atoms with Crippen LogP contribution in [0.1, 0.15) is 47.7 Å². The van der Waals surface area contributed by atoms with Crippen molar-refractivity contribution in [3.8, 4) is 5.69 Å². The van der Waals surface area contributed by atoms with Crippen LogP contribution in [0.2, 0.25) is 0 Å². The summed E-state index contributed by atoms with van der Waals surface area (Å²) in [6.45, 7) is 0. The molecule has 12 rings (SSSR count). The fourth-order valence-corrected chi connectivity index (χ4v) is 11.7. The number of nitrogens with one attached hydrogen (secondary N) is 1. The highest BCUT2D eigenvalue weighted by Crippen LogP contribution is 2.52. The van der Waals surface area contributed by atoms with Gasteiger partial charge < -0.3 is 9.88 Å². The van der Waals surface area contributed by atoms with Crippen molar-refractivity contribution >= 4 is 87.9 Å². The molecule has 1 N–H and O–H groups in total. The van der Waals surface area contributed by atoms with Crippen LogP contribution in [0.3, 0.4) is 0 Å². The van der Waals surface area contributed by atoms with Crippen LogP contribution >= 0.6 is 23.1 Å². The Morgan fingerprint density at radius 1 is 0.667 bits per heavy atom. The molecule has 4 aliphatic rings. The van der Waals surface area contributed by atoms with Crippen molar-refractivity contribution in [2.24, 2.45) is 9.98 Å². The van der Waals surface area contributed by atoms with Crippen LogP contribution in [-0.2, 0) is 0 Å². The minimum absolute atomic E-state index is 0.219. The van der Waals surface area contributed by atoms with Crippen LogP contribution in [0.25, 0.3) is 58.8 Å². The Hall–Kier alpha value is -6.21. The van der Waals surface area contributed by atoms with E-state index in [0.717, 1.165) is 47.6 Å². The van der Waals surface area contributed by atoms with Gasteiger partial charge >= 0.3 is 0 Å². The molecular formula is C51H36N4S2. The molecule has 0 spiro atoms. The summed E-state index contributed by atoms with van der Waals surface area (Å²) in [7, 11) is 0. The number of thiophene rings is 1. The van der Waals surface area contributed by atoms with E-state index in [4.69, 9.17) is 9.98 Å². The zero-order chi connectivity index (χ0) is 37.5. The fourth-order valence-electron chi connectivity index (χ4n) is 9.15. The van der Waals surface area contributed by atoms with Crippen molar-refractivity contribution in [3.63, 3.8) is 0 Å². The Balaban J connectivity index is 0.976. The van der Waals surface area contributed by atoms with E-state index in [1.807, 2.05) is 23.1 Å². The van der Waals surface area contributed by atoms with Crippen molar-refractivity contribution in [2.75, 3.05) is 0 Å².